The van der Waals surface area contributed by atoms with Crippen molar-refractivity contribution >= 4 is 11.9 Å². The highest BCUT2D eigenvalue weighted by molar-refractivity contribution is 5.87. The monoisotopic (exact) mass is 356 g/mol. The second kappa shape index (κ2) is 7.07. The van der Waals surface area contributed by atoms with Crippen LogP contribution in [0.5, 0.6) is 11.5 Å². The van der Waals surface area contributed by atoms with Crippen molar-refractivity contribution in [3.8, 4) is 11.5 Å². The number of methoxy groups -OCH3 is 2. The van der Waals surface area contributed by atoms with Crippen LogP contribution < -0.4 is 0 Å². The highest BCUT2D eigenvalue weighted by atomic mass is 16.5. The summed E-state index contributed by atoms with van der Waals surface area (Å²) in [6.45, 7) is 0. The number of phenolic OH excluding ortho intramolecular Hbond substituents is 2. The number of hydrogen-bond donors (Lipinski definition) is 2. The highest BCUT2D eigenvalue weighted by Crippen LogP contribution is 2.58. The standard InChI is InChI=1S/C20H20O6/c1-25-19(23)17-15(11-3-7-13(21)8-4-11)16(18(17)20(24)26-2)12-5-9-14(22)10-6-12/h3-10,15-18,21-22H,1-2H3. The van der Waals surface area contributed by atoms with Gasteiger partial charge in [0.1, 0.15) is 11.5 Å². The summed E-state index contributed by atoms with van der Waals surface area (Å²) in [5.74, 6) is -2.70. The smallest absolute Gasteiger partial charge is 0.310 e. The van der Waals surface area contributed by atoms with Gasteiger partial charge in [0, 0.05) is 11.8 Å². The molecule has 0 aliphatic heterocycles. The van der Waals surface area contributed by atoms with E-state index in [0.717, 1.165) is 11.1 Å². The molecule has 6 heteroatoms. The van der Waals surface area contributed by atoms with Crippen molar-refractivity contribution in [3.63, 3.8) is 0 Å². The number of ether oxygens (including phenoxy) is 2. The molecule has 136 valence electrons. The predicted molar refractivity (Wildman–Crippen MR) is 92.7 cm³/mol. The van der Waals surface area contributed by atoms with E-state index in [1.165, 1.54) is 14.2 Å². The Morgan fingerprint density at radius 3 is 1.27 bits per heavy atom. The van der Waals surface area contributed by atoms with Gasteiger partial charge in [-0.05, 0) is 35.4 Å². The first-order valence-electron chi connectivity index (χ1n) is 8.21. The molecule has 26 heavy (non-hydrogen) atoms. The van der Waals surface area contributed by atoms with Crippen molar-refractivity contribution in [1.29, 1.82) is 0 Å². The van der Waals surface area contributed by atoms with E-state index in [2.05, 4.69) is 0 Å². The summed E-state index contributed by atoms with van der Waals surface area (Å²) in [6.07, 6.45) is 0. The van der Waals surface area contributed by atoms with Crippen molar-refractivity contribution < 1.29 is 29.3 Å². The van der Waals surface area contributed by atoms with Crippen LogP contribution in [0.15, 0.2) is 48.5 Å². The highest BCUT2D eigenvalue weighted by Gasteiger charge is 2.59. The van der Waals surface area contributed by atoms with Crippen molar-refractivity contribution in [2.75, 3.05) is 14.2 Å². The van der Waals surface area contributed by atoms with Gasteiger partial charge in [-0.25, -0.2) is 0 Å². The van der Waals surface area contributed by atoms with Gasteiger partial charge in [-0.2, -0.15) is 0 Å². The summed E-state index contributed by atoms with van der Waals surface area (Å²) in [5.41, 5.74) is 1.63. The molecule has 1 aliphatic carbocycles. The molecule has 1 fully saturated rings. The van der Waals surface area contributed by atoms with Crippen molar-refractivity contribution in [2.24, 2.45) is 11.8 Å². The lowest BCUT2D eigenvalue weighted by molar-refractivity contribution is -0.168. The Morgan fingerprint density at radius 1 is 0.692 bits per heavy atom. The Morgan fingerprint density at radius 2 is 1.00 bits per heavy atom. The molecule has 2 aromatic carbocycles. The summed E-state index contributed by atoms with van der Waals surface area (Å²) >= 11 is 0. The molecular weight excluding hydrogens is 336 g/mol. The molecule has 4 unspecified atom stereocenters. The van der Waals surface area contributed by atoms with E-state index in [4.69, 9.17) is 9.47 Å². The number of rotatable bonds is 4. The normalized spacial score (nSPS) is 24.4. The Bertz CT molecular complexity index is 727. The van der Waals surface area contributed by atoms with Gasteiger partial charge in [0.2, 0.25) is 0 Å². The average molecular weight is 356 g/mol. The quantitative estimate of drug-likeness (QED) is 0.818. The summed E-state index contributed by atoms with van der Waals surface area (Å²) in [5, 5.41) is 19.1. The molecule has 3 rings (SSSR count). The lowest BCUT2D eigenvalue weighted by atomic mass is 9.52. The van der Waals surface area contributed by atoms with Gasteiger partial charge in [-0.15, -0.1) is 0 Å². The summed E-state index contributed by atoms with van der Waals surface area (Å²) in [6, 6.07) is 13.1. The molecule has 0 heterocycles. The van der Waals surface area contributed by atoms with E-state index >= 15 is 0 Å². The van der Waals surface area contributed by atoms with Crippen LogP contribution in [0, 0.1) is 11.8 Å². The summed E-state index contributed by atoms with van der Waals surface area (Å²) in [7, 11) is 2.58. The third-order valence-corrected chi connectivity index (χ3v) is 5.05. The maximum Gasteiger partial charge on any atom is 0.310 e. The Labute approximate surface area is 151 Å². The number of hydrogen-bond acceptors (Lipinski definition) is 6. The Balaban J connectivity index is 2.08. The first-order valence-corrected chi connectivity index (χ1v) is 8.21. The lowest BCUT2D eigenvalue weighted by Gasteiger charge is -2.49. The summed E-state index contributed by atoms with van der Waals surface area (Å²) in [4.78, 5) is 24.8. The molecule has 6 nitrogen and oxygen atoms in total. The number of esters is 2. The van der Waals surface area contributed by atoms with Gasteiger partial charge in [0.15, 0.2) is 0 Å². The lowest BCUT2D eigenvalue weighted by Crippen LogP contribution is -2.52. The average Bonchev–Trinajstić information content (AvgIpc) is 2.63. The van der Waals surface area contributed by atoms with E-state index in [9.17, 15) is 19.8 Å². The topological polar surface area (TPSA) is 93.1 Å². The van der Waals surface area contributed by atoms with Crippen LogP contribution in [0.4, 0.5) is 0 Å². The summed E-state index contributed by atoms with van der Waals surface area (Å²) < 4.78 is 9.84. The molecule has 0 bridgehead atoms. The van der Waals surface area contributed by atoms with Gasteiger partial charge in [0.05, 0.1) is 26.1 Å². The third-order valence-electron chi connectivity index (χ3n) is 5.05. The molecule has 4 atom stereocenters. The van der Waals surface area contributed by atoms with E-state index in [-0.39, 0.29) is 23.3 Å². The third kappa shape index (κ3) is 2.98. The van der Waals surface area contributed by atoms with Crippen LogP contribution in [-0.2, 0) is 19.1 Å². The minimum atomic E-state index is -0.684. The zero-order chi connectivity index (χ0) is 18.8. The van der Waals surface area contributed by atoms with Crippen LogP contribution in [0.2, 0.25) is 0 Å². The minimum absolute atomic E-state index is 0.119. The maximum atomic E-state index is 12.4. The van der Waals surface area contributed by atoms with Crippen LogP contribution in [0.3, 0.4) is 0 Å². The molecule has 0 radical (unpaired) electrons. The first kappa shape index (κ1) is 17.8. The SMILES string of the molecule is COC(=O)C1C(C(=O)OC)C(c2ccc(O)cc2)C1c1ccc(O)cc1. The first-order chi connectivity index (χ1) is 12.5. The fourth-order valence-electron chi connectivity index (χ4n) is 3.83. The molecule has 2 aromatic rings. The van der Waals surface area contributed by atoms with E-state index < -0.39 is 23.8 Å². The predicted octanol–water partition coefficient (Wildman–Crippen LogP) is 2.56. The van der Waals surface area contributed by atoms with E-state index in [0.29, 0.717) is 0 Å². The van der Waals surface area contributed by atoms with Crippen molar-refractivity contribution in [1.82, 2.24) is 0 Å². The Hall–Kier alpha value is -3.02. The number of carbonyl (C=O) groups is 2. The molecule has 2 N–H and O–H groups in total. The number of phenols is 2. The largest absolute Gasteiger partial charge is 0.508 e. The number of benzene rings is 2. The van der Waals surface area contributed by atoms with Crippen LogP contribution >= 0.6 is 0 Å². The van der Waals surface area contributed by atoms with E-state index in [1.807, 2.05) is 0 Å². The molecule has 0 spiro atoms. The van der Waals surface area contributed by atoms with Gasteiger partial charge in [-0.3, -0.25) is 9.59 Å². The number of carbonyl (C=O) groups excluding carboxylic acids is 2. The van der Waals surface area contributed by atoms with Gasteiger partial charge in [0.25, 0.3) is 0 Å². The molecule has 0 aromatic heterocycles. The van der Waals surface area contributed by atoms with Gasteiger partial charge >= 0.3 is 11.9 Å². The second-order valence-corrected chi connectivity index (χ2v) is 6.33. The van der Waals surface area contributed by atoms with Crippen LogP contribution in [0.1, 0.15) is 23.0 Å². The van der Waals surface area contributed by atoms with Gasteiger partial charge < -0.3 is 19.7 Å². The molecule has 0 amide bonds. The molecular formula is C20H20O6. The van der Waals surface area contributed by atoms with E-state index in [1.54, 1.807) is 48.5 Å². The Kier molecular flexibility index (Phi) is 4.84. The van der Waals surface area contributed by atoms with Crippen molar-refractivity contribution in [3.05, 3.63) is 59.7 Å². The molecule has 1 saturated carbocycles. The van der Waals surface area contributed by atoms with Crippen LogP contribution in [0.25, 0.3) is 0 Å². The zero-order valence-corrected chi connectivity index (χ0v) is 14.5. The van der Waals surface area contributed by atoms with Crippen molar-refractivity contribution in [2.45, 2.75) is 11.8 Å². The zero-order valence-electron chi connectivity index (χ0n) is 14.5. The maximum absolute atomic E-state index is 12.4. The van der Waals surface area contributed by atoms with Crippen LogP contribution in [-0.4, -0.2) is 36.4 Å². The second-order valence-electron chi connectivity index (χ2n) is 6.33. The minimum Gasteiger partial charge on any atom is -0.508 e. The molecule has 1 aliphatic rings. The van der Waals surface area contributed by atoms with Gasteiger partial charge in [-0.1, -0.05) is 24.3 Å². The fraction of sp³-hybridized carbons (Fsp3) is 0.300. The number of aromatic hydroxyl groups is 2. The fourth-order valence-corrected chi connectivity index (χ4v) is 3.83. The molecule has 0 saturated heterocycles.